The summed E-state index contributed by atoms with van der Waals surface area (Å²) in [6, 6.07) is 8.49. The van der Waals surface area contributed by atoms with E-state index >= 15 is 0 Å². The molecule has 3 heteroatoms. The Labute approximate surface area is 126 Å². The van der Waals surface area contributed by atoms with Gasteiger partial charge in [-0.1, -0.05) is 44.5 Å². The summed E-state index contributed by atoms with van der Waals surface area (Å²) in [4.78, 5) is 16.9. The number of ketones is 1. The van der Waals surface area contributed by atoms with Crippen molar-refractivity contribution in [2.75, 3.05) is 0 Å². The zero-order valence-corrected chi connectivity index (χ0v) is 12.7. The normalized spacial score (nSPS) is 17.3. The monoisotopic (exact) mass is 282 g/mol. The predicted octanol–water partition coefficient (Wildman–Crippen LogP) is 4.24. The third kappa shape index (κ3) is 2.41. The van der Waals surface area contributed by atoms with Gasteiger partial charge in [0.2, 0.25) is 0 Å². The Bertz CT molecular complexity index is 644. The minimum atomic E-state index is 0.122. The van der Waals surface area contributed by atoms with Crippen LogP contribution >= 0.6 is 0 Å². The topological polar surface area (TPSA) is 34.9 Å². The molecule has 21 heavy (non-hydrogen) atoms. The van der Waals surface area contributed by atoms with Crippen LogP contribution in [-0.4, -0.2) is 15.3 Å². The molecule has 0 N–H and O–H groups in total. The third-order valence-corrected chi connectivity index (χ3v) is 4.58. The number of nitrogens with zero attached hydrogens (tertiary/aromatic N) is 2. The van der Waals surface area contributed by atoms with E-state index in [1.54, 1.807) is 0 Å². The number of imidazole rings is 1. The van der Waals surface area contributed by atoms with Crippen LogP contribution in [0.2, 0.25) is 0 Å². The Morgan fingerprint density at radius 2 is 2.14 bits per heavy atom. The Morgan fingerprint density at radius 1 is 1.33 bits per heavy atom. The molecule has 0 saturated heterocycles. The van der Waals surface area contributed by atoms with Gasteiger partial charge in [0.05, 0.1) is 24.3 Å². The second-order valence-corrected chi connectivity index (χ2v) is 5.85. The second kappa shape index (κ2) is 5.84. The molecule has 3 rings (SSSR count). The summed E-state index contributed by atoms with van der Waals surface area (Å²) >= 11 is 0. The minimum absolute atomic E-state index is 0.122. The molecule has 0 radical (unpaired) electrons. The number of Topliss-reactive ketones (excluding diaryl/α,β-unsaturated/α-hetero) is 1. The van der Waals surface area contributed by atoms with Crippen molar-refractivity contribution in [3.8, 4) is 11.3 Å². The highest BCUT2D eigenvalue weighted by molar-refractivity contribution is 5.83. The molecule has 110 valence electrons. The number of hydrogen-bond donors (Lipinski definition) is 0. The van der Waals surface area contributed by atoms with Gasteiger partial charge in [0.15, 0.2) is 0 Å². The lowest BCUT2D eigenvalue weighted by atomic mass is 9.90. The zero-order chi connectivity index (χ0) is 14.8. The number of aromatic nitrogens is 2. The van der Waals surface area contributed by atoms with Gasteiger partial charge in [-0.25, -0.2) is 4.98 Å². The first kappa shape index (κ1) is 14.1. The Hall–Kier alpha value is -1.90. The van der Waals surface area contributed by atoms with Crippen LogP contribution in [0, 0.1) is 5.92 Å². The summed E-state index contributed by atoms with van der Waals surface area (Å²) in [6.45, 7) is 4.26. The van der Waals surface area contributed by atoms with Crippen LogP contribution in [0.25, 0.3) is 11.3 Å². The first-order chi connectivity index (χ1) is 10.3. The van der Waals surface area contributed by atoms with Gasteiger partial charge in [-0.15, -0.1) is 0 Å². The zero-order valence-electron chi connectivity index (χ0n) is 12.7. The van der Waals surface area contributed by atoms with Crippen LogP contribution in [-0.2, 0) is 4.79 Å². The molecule has 1 aliphatic rings. The fourth-order valence-electron chi connectivity index (χ4n) is 3.44. The average molecular weight is 282 g/mol. The Morgan fingerprint density at radius 3 is 2.90 bits per heavy atom. The standard InChI is InChI=1S/C18H22N2O/c1-3-7-13(4-2)18(21)10-16-14-8-5-6-9-15(14)17-11-19-12-20(16)17/h5-6,8-9,11-13,16H,3-4,7,10H2,1-2H3. The maximum Gasteiger partial charge on any atom is 0.138 e. The molecule has 1 aromatic carbocycles. The van der Waals surface area contributed by atoms with Crippen LogP contribution < -0.4 is 0 Å². The number of fused-ring (bicyclic) bond motifs is 3. The minimum Gasteiger partial charge on any atom is -0.323 e. The summed E-state index contributed by atoms with van der Waals surface area (Å²) < 4.78 is 2.15. The van der Waals surface area contributed by atoms with Crippen molar-refractivity contribution in [2.24, 2.45) is 5.92 Å². The van der Waals surface area contributed by atoms with Crippen molar-refractivity contribution in [2.45, 2.75) is 45.6 Å². The highest BCUT2D eigenvalue weighted by atomic mass is 16.1. The first-order valence-corrected chi connectivity index (χ1v) is 7.90. The van der Waals surface area contributed by atoms with Gasteiger partial charge in [-0.3, -0.25) is 4.79 Å². The van der Waals surface area contributed by atoms with Crippen LogP contribution in [0.1, 0.15) is 51.1 Å². The van der Waals surface area contributed by atoms with Crippen LogP contribution in [0.5, 0.6) is 0 Å². The number of rotatable bonds is 6. The first-order valence-electron chi connectivity index (χ1n) is 7.90. The molecule has 2 aromatic rings. The molecule has 0 saturated carbocycles. The SMILES string of the molecule is CCCC(CC)C(=O)CC1c2ccccc2-c2cncn21. The van der Waals surface area contributed by atoms with Gasteiger partial charge < -0.3 is 4.57 Å². The molecule has 2 unspecified atom stereocenters. The van der Waals surface area contributed by atoms with E-state index in [9.17, 15) is 4.79 Å². The lowest BCUT2D eigenvalue weighted by Gasteiger charge is -2.18. The van der Waals surface area contributed by atoms with Crippen LogP contribution in [0.4, 0.5) is 0 Å². The quantitative estimate of drug-likeness (QED) is 0.794. The summed E-state index contributed by atoms with van der Waals surface area (Å²) in [5.41, 5.74) is 3.61. The molecule has 1 aliphatic heterocycles. The smallest absolute Gasteiger partial charge is 0.138 e. The fraction of sp³-hybridized carbons (Fsp3) is 0.444. The van der Waals surface area contributed by atoms with Gasteiger partial charge in [0.25, 0.3) is 0 Å². The van der Waals surface area contributed by atoms with Gasteiger partial charge in [0, 0.05) is 17.9 Å². The van der Waals surface area contributed by atoms with Crippen molar-refractivity contribution < 1.29 is 4.79 Å². The number of carbonyl (C=O) groups excluding carboxylic acids is 1. The number of benzene rings is 1. The van der Waals surface area contributed by atoms with E-state index in [0.717, 1.165) is 25.0 Å². The van der Waals surface area contributed by atoms with Gasteiger partial charge in [0.1, 0.15) is 5.78 Å². The Kier molecular flexibility index (Phi) is 3.91. The molecule has 2 atom stereocenters. The van der Waals surface area contributed by atoms with E-state index in [2.05, 4.69) is 41.6 Å². The van der Waals surface area contributed by atoms with Crippen molar-refractivity contribution in [1.82, 2.24) is 9.55 Å². The summed E-state index contributed by atoms with van der Waals surface area (Å²) in [7, 11) is 0. The van der Waals surface area contributed by atoms with E-state index in [-0.39, 0.29) is 12.0 Å². The van der Waals surface area contributed by atoms with Gasteiger partial charge in [-0.05, 0) is 18.4 Å². The highest BCUT2D eigenvalue weighted by Crippen LogP contribution is 2.41. The maximum atomic E-state index is 12.6. The van der Waals surface area contributed by atoms with E-state index in [0.29, 0.717) is 12.2 Å². The van der Waals surface area contributed by atoms with Crippen molar-refractivity contribution >= 4 is 5.78 Å². The number of hydrogen-bond acceptors (Lipinski definition) is 2. The Balaban J connectivity index is 1.88. The molecular weight excluding hydrogens is 260 g/mol. The average Bonchev–Trinajstić information content (AvgIpc) is 3.08. The lowest BCUT2D eigenvalue weighted by Crippen LogP contribution is -2.19. The summed E-state index contributed by atoms with van der Waals surface area (Å²) in [5, 5.41) is 0. The van der Waals surface area contributed by atoms with Gasteiger partial charge >= 0.3 is 0 Å². The van der Waals surface area contributed by atoms with Crippen LogP contribution in [0.15, 0.2) is 36.8 Å². The maximum absolute atomic E-state index is 12.6. The molecule has 0 aliphatic carbocycles. The summed E-state index contributed by atoms with van der Waals surface area (Å²) in [6.07, 6.45) is 7.35. The van der Waals surface area contributed by atoms with E-state index in [1.807, 2.05) is 18.6 Å². The fourth-order valence-corrected chi connectivity index (χ4v) is 3.44. The molecular formula is C18H22N2O. The molecule has 1 aromatic heterocycles. The molecule has 2 heterocycles. The van der Waals surface area contributed by atoms with Crippen molar-refractivity contribution in [1.29, 1.82) is 0 Å². The molecule has 0 spiro atoms. The largest absolute Gasteiger partial charge is 0.323 e. The lowest BCUT2D eigenvalue weighted by molar-refractivity contribution is -0.123. The molecule has 0 fully saturated rings. The molecule has 0 bridgehead atoms. The predicted molar refractivity (Wildman–Crippen MR) is 84.1 cm³/mol. The molecule has 3 nitrogen and oxygen atoms in total. The van der Waals surface area contributed by atoms with E-state index in [4.69, 9.17) is 0 Å². The van der Waals surface area contributed by atoms with E-state index < -0.39 is 0 Å². The van der Waals surface area contributed by atoms with Crippen molar-refractivity contribution in [3.63, 3.8) is 0 Å². The van der Waals surface area contributed by atoms with Crippen molar-refractivity contribution in [3.05, 3.63) is 42.4 Å². The second-order valence-electron chi connectivity index (χ2n) is 5.85. The number of carbonyl (C=O) groups is 1. The van der Waals surface area contributed by atoms with E-state index in [1.165, 1.54) is 11.1 Å². The summed E-state index contributed by atoms with van der Waals surface area (Å²) in [5.74, 6) is 0.593. The molecule has 0 amide bonds. The van der Waals surface area contributed by atoms with Gasteiger partial charge in [-0.2, -0.15) is 0 Å². The third-order valence-electron chi connectivity index (χ3n) is 4.58. The van der Waals surface area contributed by atoms with Crippen LogP contribution in [0.3, 0.4) is 0 Å². The highest BCUT2D eigenvalue weighted by Gasteiger charge is 2.31.